The van der Waals surface area contributed by atoms with Gasteiger partial charge in [-0.15, -0.1) is 0 Å². The normalized spacial score (nSPS) is 10.7. The molecule has 0 heterocycles. The van der Waals surface area contributed by atoms with Crippen molar-refractivity contribution in [3.63, 3.8) is 0 Å². The molecule has 0 aliphatic carbocycles. The van der Waals surface area contributed by atoms with Crippen LogP contribution < -0.4 is 0 Å². The van der Waals surface area contributed by atoms with E-state index in [0.717, 1.165) is 22.8 Å². The van der Waals surface area contributed by atoms with E-state index in [1.54, 1.807) is 4.90 Å². The molecule has 2 rings (SSSR count). The van der Waals surface area contributed by atoms with Crippen molar-refractivity contribution in [3.05, 3.63) is 48.0 Å². The molecule has 0 aromatic heterocycles. The van der Waals surface area contributed by atoms with Crippen LogP contribution in [0.3, 0.4) is 0 Å². The maximum Gasteiger partial charge on any atom is 0.227 e. The Bertz CT molecular complexity index is 571. The Morgan fingerprint density at radius 1 is 1.10 bits per heavy atom. The lowest BCUT2D eigenvalue weighted by Crippen LogP contribution is -2.34. The number of carbonyl (C=O) groups is 1. The van der Waals surface area contributed by atoms with Gasteiger partial charge in [-0.3, -0.25) is 4.79 Å². The molecule has 1 amide bonds. The number of fused-ring (bicyclic) bond motifs is 1. The van der Waals surface area contributed by atoms with E-state index < -0.39 is 6.67 Å². The molecular formula is C17H20FNO. The molecule has 0 radical (unpaired) electrons. The first-order chi connectivity index (χ1) is 9.76. The summed E-state index contributed by atoms with van der Waals surface area (Å²) >= 11 is 0. The molecule has 0 aliphatic rings. The number of nitrogens with zero attached hydrogens (tertiary/aromatic N) is 1. The fourth-order valence-electron chi connectivity index (χ4n) is 2.45. The first kappa shape index (κ1) is 14.5. The highest BCUT2D eigenvalue weighted by atomic mass is 19.1. The molecule has 2 aromatic carbocycles. The second kappa shape index (κ2) is 7.04. The third-order valence-electron chi connectivity index (χ3n) is 3.42. The first-order valence-corrected chi connectivity index (χ1v) is 7.06. The van der Waals surface area contributed by atoms with Crippen molar-refractivity contribution in [3.8, 4) is 0 Å². The summed E-state index contributed by atoms with van der Waals surface area (Å²) < 4.78 is 12.5. The average molecular weight is 273 g/mol. The molecule has 2 aromatic rings. The van der Waals surface area contributed by atoms with Crippen LogP contribution in [0.25, 0.3) is 10.8 Å². The second-order valence-corrected chi connectivity index (χ2v) is 4.88. The minimum Gasteiger partial charge on any atom is -0.340 e. The second-order valence-electron chi connectivity index (χ2n) is 4.88. The summed E-state index contributed by atoms with van der Waals surface area (Å²) in [6.45, 7) is 2.32. The zero-order valence-electron chi connectivity index (χ0n) is 11.8. The Morgan fingerprint density at radius 2 is 1.85 bits per heavy atom. The van der Waals surface area contributed by atoms with E-state index in [9.17, 15) is 9.18 Å². The largest absolute Gasteiger partial charge is 0.340 e. The summed E-state index contributed by atoms with van der Waals surface area (Å²) in [6, 6.07) is 14.0. The maximum atomic E-state index is 12.5. The maximum absolute atomic E-state index is 12.5. The quantitative estimate of drug-likeness (QED) is 0.787. The monoisotopic (exact) mass is 273 g/mol. The van der Waals surface area contributed by atoms with Crippen LogP contribution in [-0.2, 0) is 11.2 Å². The Labute approximate surface area is 119 Å². The number of rotatable bonds is 6. The molecule has 0 unspecified atom stereocenters. The number of benzene rings is 2. The lowest BCUT2D eigenvalue weighted by Gasteiger charge is -2.21. The molecule has 106 valence electrons. The highest BCUT2D eigenvalue weighted by Gasteiger charge is 2.14. The molecule has 0 saturated carbocycles. The molecule has 0 fully saturated rings. The highest BCUT2D eigenvalue weighted by Crippen LogP contribution is 2.19. The molecule has 3 heteroatoms. The van der Waals surface area contributed by atoms with Crippen molar-refractivity contribution in [1.82, 2.24) is 4.90 Å². The van der Waals surface area contributed by atoms with Crippen molar-refractivity contribution in [2.45, 2.75) is 19.8 Å². The summed E-state index contributed by atoms with van der Waals surface area (Å²) in [5, 5.41) is 2.23. The minimum absolute atomic E-state index is 0.000790. The van der Waals surface area contributed by atoms with Crippen molar-refractivity contribution in [2.24, 2.45) is 0 Å². The van der Waals surface area contributed by atoms with Crippen molar-refractivity contribution >= 4 is 16.7 Å². The van der Waals surface area contributed by atoms with E-state index in [4.69, 9.17) is 0 Å². The van der Waals surface area contributed by atoms with Crippen LogP contribution in [0.1, 0.15) is 18.9 Å². The Kier molecular flexibility index (Phi) is 5.10. The summed E-state index contributed by atoms with van der Waals surface area (Å²) in [5.41, 5.74) is 1.01. The van der Waals surface area contributed by atoms with Crippen LogP contribution in [0, 0.1) is 0 Å². The lowest BCUT2D eigenvalue weighted by atomic mass is 10.0. The number of alkyl halides is 1. The van der Waals surface area contributed by atoms with Crippen LogP contribution in [0.15, 0.2) is 42.5 Å². The average Bonchev–Trinajstić information content (AvgIpc) is 2.47. The number of hydrogen-bond acceptors (Lipinski definition) is 1. The molecule has 2 nitrogen and oxygen atoms in total. The van der Waals surface area contributed by atoms with Crippen LogP contribution in [0.5, 0.6) is 0 Å². The van der Waals surface area contributed by atoms with Gasteiger partial charge >= 0.3 is 0 Å². The van der Waals surface area contributed by atoms with E-state index >= 15 is 0 Å². The molecule has 0 aliphatic heterocycles. The van der Waals surface area contributed by atoms with E-state index in [2.05, 4.69) is 0 Å². The van der Waals surface area contributed by atoms with Gasteiger partial charge in [0.05, 0.1) is 6.42 Å². The number of hydrogen-bond donors (Lipinski definition) is 0. The first-order valence-electron chi connectivity index (χ1n) is 7.06. The predicted molar refractivity (Wildman–Crippen MR) is 80.5 cm³/mol. The van der Waals surface area contributed by atoms with Crippen LogP contribution in [-0.4, -0.2) is 30.6 Å². The van der Waals surface area contributed by atoms with Gasteiger partial charge in [-0.05, 0) is 22.8 Å². The van der Waals surface area contributed by atoms with Gasteiger partial charge < -0.3 is 4.90 Å². The van der Waals surface area contributed by atoms with E-state index in [1.165, 1.54) is 0 Å². The lowest BCUT2D eigenvalue weighted by molar-refractivity contribution is -0.130. The van der Waals surface area contributed by atoms with Gasteiger partial charge in [-0.1, -0.05) is 49.4 Å². The summed E-state index contributed by atoms with van der Waals surface area (Å²) in [4.78, 5) is 13.9. The molecule has 0 N–H and O–H groups in total. The van der Waals surface area contributed by atoms with Gasteiger partial charge in [0.1, 0.15) is 6.67 Å². The summed E-state index contributed by atoms with van der Waals surface area (Å²) in [6.07, 6.45) is 1.18. The molecule has 0 atom stereocenters. The fourth-order valence-corrected chi connectivity index (χ4v) is 2.45. The predicted octanol–water partition coefficient (Wildman–Crippen LogP) is 3.59. The van der Waals surface area contributed by atoms with Gasteiger partial charge in [0.15, 0.2) is 0 Å². The Hall–Kier alpha value is -1.90. The summed E-state index contributed by atoms with van der Waals surface area (Å²) in [7, 11) is 0. The van der Waals surface area contributed by atoms with Crippen LogP contribution >= 0.6 is 0 Å². The van der Waals surface area contributed by atoms with Gasteiger partial charge in [-0.25, -0.2) is 4.39 Å². The van der Waals surface area contributed by atoms with Crippen molar-refractivity contribution in [1.29, 1.82) is 0 Å². The molecular weight excluding hydrogens is 253 g/mol. The van der Waals surface area contributed by atoms with Gasteiger partial charge in [0.25, 0.3) is 0 Å². The molecule has 0 bridgehead atoms. The van der Waals surface area contributed by atoms with Crippen molar-refractivity contribution in [2.75, 3.05) is 19.8 Å². The van der Waals surface area contributed by atoms with Gasteiger partial charge in [-0.2, -0.15) is 0 Å². The van der Waals surface area contributed by atoms with Crippen LogP contribution in [0.4, 0.5) is 4.39 Å². The van der Waals surface area contributed by atoms with Crippen molar-refractivity contribution < 1.29 is 9.18 Å². The minimum atomic E-state index is -0.485. The highest BCUT2D eigenvalue weighted by molar-refractivity contribution is 5.90. The number of amides is 1. The number of carbonyl (C=O) groups excluding carboxylic acids is 1. The topological polar surface area (TPSA) is 20.3 Å². The van der Waals surface area contributed by atoms with Crippen LogP contribution in [0.2, 0.25) is 0 Å². The standard InChI is InChI=1S/C17H20FNO/c1-2-11-19(12-10-18)17(20)13-15-8-5-7-14-6-3-4-9-16(14)15/h3-9H,2,10-13H2,1H3. The van der Waals surface area contributed by atoms with E-state index in [1.807, 2.05) is 49.4 Å². The third-order valence-corrected chi connectivity index (χ3v) is 3.42. The third kappa shape index (κ3) is 3.35. The SMILES string of the molecule is CCCN(CCF)C(=O)Cc1cccc2ccccc12. The van der Waals surface area contributed by atoms with E-state index in [0.29, 0.717) is 13.0 Å². The zero-order chi connectivity index (χ0) is 14.4. The van der Waals surface area contributed by atoms with E-state index in [-0.39, 0.29) is 12.5 Å². The molecule has 20 heavy (non-hydrogen) atoms. The number of halogens is 1. The molecule has 0 spiro atoms. The van der Waals surface area contributed by atoms with Gasteiger partial charge in [0, 0.05) is 13.1 Å². The fraction of sp³-hybridized carbons (Fsp3) is 0.353. The Morgan fingerprint density at radius 3 is 2.60 bits per heavy atom. The smallest absolute Gasteiger partial charge is 0.227 e. The molecule has 0 saturated heterocycles. The zero-order valence-corrected chi connectivity index (χ0v) is 11.8. The summed E-state index contributed by atoms with van der Waals surface area (Å²) in [5.74, 6) is 0.000790. The Balaban J connectivity index is 2.20. The van der Waals surface area contributed by atoms with Gasteiger partial charge in [0.2, 0.25) is 5.91 Å².